The van der Waals surface area contributed by atoms with E-state index in [1.54, 1.807) is 0 Å². The van der Waals surface area contributed by atoms with Gasteiger partial charge in [-0.05, 0) is 46.5 Å². The minimum Gasteiger partial charge on any atom is -0.483 e. The van der Waals surface area contributed by atoms with Crippen molar-refractivity contribution >= 4 is 27.7 Å². The van der Waals surface area contributed by atoms with Gasteiger partial charge in [-0.1, -0.05) is 19.9 Å². The number of carbonyl (C=O) groups is 2. The summed E-state index contributed by atoms with van der Waals surface area (Å²) in [6.45, 7) is 3.80. The largest absolute Gasteiger partial charge is 0.483 e. The molecule has 0 aliphatic heterocycles. The Labute approximate surface area is 127 Å². The fourth-order valence-electron chi connectivity index (χ4n) is 1.49. The van der Waals surface area contributed by atoms with Gasteiger partial charge in [0, 0.05) is 6.42 Å². The van der Waals surface area contributed by atoms with Crippen LogP contribution >= 0.6 is 15.9 Å². The van der Waals surface area contributed by atoms with Crippen LogP contribution in [0.25, 0.3) is 0 Å². The van der Waals surface area contributed by atoms with E-state index >= 15 is 0 Å². The predicted octanol–water partition coefficient (Wildman–Crippen LogP) is 2.34. The number of carbonyl (C=O) groups excluding carboxylic acids is 2. The molecule has 0 aliphatic carbocycles. The van der Waals surface area contributed by atoms with Crippen LogP contribution in [0.3, 0.4) is 0 Å². The maximum absolute atomic E-state index is 11.5. The molecule has 2 N–H and O–H groups in total. The van der Waals surface area contributed by atoms with Gasteiger partial charge < -0.3 is 4.74 Å². The molecule has 1 aromatic carbocycles. The average molecular weight is 343 g/mol. The fraction of sp³-hybridized carbons (Fsp3) is 0.429. The van der Waals surface area contributed by atoms with E-state index in [9.17, 15) is 9.59 Å². The minimum atomic E-state index is -0.402. The standard InChI is InChI=1S/C14H19BrN2O3/c1-3-5-13(18)16-17-14(19)9-20-12-7-6-10(4-2)8-11(12)15/h6-8H,3-5,9H2,1-2H3,(H,16,18)(H,17,19). The Kier molecular flexibility index (Phi) is 7.08. The van der Waals surface area contributed by atoms with Crippen molar-refractivity contribution in [1.29, 1.82) is 0 Å². The molecule has 0 fully saturated rings. The Morgan fingerprint density at radius 1 is 1.20 bits per heavy atom. The number of ether oxygens (including phenoxy) is 1. The van der Waals surface area contributed by atoms with E-state index in [2.05, 4.69) is 33.7 Å². The van der Waals surface area contributed by atoms with Gasteiger partial charge in [-0.3, -0.25) is 20.4 Å². The molecular weight excluding hydrogens is 324 g/mol. The highest BCUT2D eigenvalue weighted by molar-refractivity contribution is 9.10. The highest BCUT2D eigenvalue weighted by atomic mass is 79.9. The van der Waals surface area contributed by atoms with Gasteiger partial charge in [-0.2, -0.15) is 0 Å². The average Bonchev–Trinajstić information content (AvgIpc) is 2.44. The Bertz CT molecular complexity index is 477. The lowest BCUT2D eigenvalue weighted by molar-refractivity contribution is -0.130. The van der Waals surface area contributed by atoms with Crippen LogP contribution in [0, 0.1) is 0 Å². The topological polar surface area (TPSA) is 67.4 Å². The second-order valence-corrected chi connectivity index (χ2v) is 5.11. The summed E-state index contributed by atoms with van der Waals surface area (Å²) in [6, 6.07) is 5.71. The van der Waals surface area contributed by atoms with Crippen molar-refractivity contribution in [2.45, 2.75) is 33.1 Å². The highest BCUT2D eigenvalue weighted by Gasteiger charge is 2.07. The maximum Gasteiger partial charge on any atom is 0.276 e. The smallest absolute Gasteiger partial charge is 0.276 e. The van der Waals surface area contributed by atoms with Crippen LogP contribution in [-0.4, -0.2) is 18.4 Å². The summed E-state index contributed by atoms with van der Waals surface area (Å²) in [5, 5.41) is 0. The number of hydrazine groups is 1. The third kappa shape index (κ3) is 5.61. The molecule has 110 valence electrons. The Morgan fingerprint density at radius 2 is 1.90 bits per heavy atom. The van der Waals surface area contributed by atoms with E-state index in [0.717, 1.165) is 17.3 Å². The van der Waals surface area contributed by atoms with Crippen molar-refractivity contribution in [3.63, 3.8) is 0 Å². The first kappa shape index (κ1) is 16.5. The van der Waals surface area contributed by atoms with Crippen molar-refractivity contribution in [3.8, 4) is 5.75 Å². The molecular formula is C14H19BrN2O3. The summed E-state index contributed by atoms with van der Waals surface area (Å²) in [5.41, 5.74) is 5.80. The molecule has 0 heterocycles. The van der Waals surface area contributed by atoms with Crippen molar-refractivity contribution < 1.29 is 14.3 Å². The zero-order valence-electron chi connectivity index (χ0n) is 11.7. The van der Waals surface area contributed by atoms with Crippen LogP contribution in [0.4, 0.5) is 0 Å². The molecule has 0 spiro atoms. The summed E-state index contributed by atoms with van der Waals surface area (Å²) >= 11 is 3.39. The summed E-state index contributed by atoms with van der Waals surface area (Å²) in [7, 11) is 0. The van der Waals surface area contributed by atoms with Crippen molar-refractivity contribution in [1.82, 2.24) is 10.9 Å². The minimum absolute atomic E-state index is 0.156. The van der Waals surface area contributed by atoms with Gasteiger partial charge in [0.2, 0.25) is 5.91 Å². The van der Waals surface area contributed by atoms with Gasteiger partial charge in [0.25, 0.3) is 5.91 Å². The van der Waals surface area contributed by atoms with E-state index < -0.39 is 5.91 Å². The number of amides is 2. The number of nitrogens with one attached hydrogen (secondary N) is 2. The first-order valence-electron chi connectivity index (χ1n) is 6.55. The second kappa shape index (κ2) is 8.58. The Balaban J connectivity index is 2.39. The van der Waals surface area contributed by atoms with Crippen LogP contribution in [0.2, 0.25) is 0 Å². The van der Waals surface area contributed by atoms with Crippen LogP contribution in [0.5, 0.6) is 5.75 Å². The lowest BCUT2D eigenvalue weighted by Crippen LogP contribution is -2.43. The van der Waals surface area contributed by atoms with Crippen LogP contribution in [-0.2, 0) is 16.0 Å². The molecule has 1 rings (SSSR count). The molecule has 0 saturated carbocycles. The Morgan fingerprint density at radius 3 is 2.50 bits per heavy atom. The van der Waals surface area contributed by atoms with Gasteiger partial charge >= 0.3 is 0 Å². The van der Waals surface area contributed by atoms with Crippen molar-refractivity contribution in [2.75, 3.05) is 6.61 Å². The van der Waals surface area contributed by atoms with E-state index in [4.69, 9.17) is 4.74 Å². The van der Waals surface area contributed by atoms with Gasteiger partial charge in [0.1, 0.15) is 5.75 Å². The zero-order valence-corrected chi connectivity index (χ0v) is 13.2. The number of benzene rings is 1. The fourth-order valence-corrected chi connectivity index (χ4v) is 2.03. The van der Waals surface area contributed by atoms with Gasteiger partial charge in [-0.15, -0.1) is 0 Å². The quantitative estimate of drug-likeness (QED) is 0.779. The molecule has 0 radical (unpaired) electrons. The second-order valence-electron chi connectivity index (χ2n) is 4.25. The molecule has 0 aliphatic rings. The molecule has 6 heteroatoms. The number of hydrogen-bond acceptors (Lipinski definition) is 3. The van der Waals surface area contributed by atoms with Gasteiger partial charge in [0.05, 0.1) is 4.47 Å². The van der Waals surface area contributed by atoms with Crippen molar-refractivity contribution in [3.05, 3.63) is 28.2 Å². The monoisotopic (exact) mass is 342 g/mol. The highest BCUT2D eigenvalue weighted by Crippen LogP contribution is 2.26. The molecule has 2 amide bonds. The molecule has 0 aromatic heterocycles. The lowest BCUT2D eigenvalue weighted by atomic mass is 10.2. The summed E-state index contributed by atoms with van der Waals surface area (Å²) in [5.74, 6) is -0.0208. The molecule has 0 bridgehead atoms. The molecule has 0 atom stereocenters. The Hall–Kier alpha value is -1.56. The first-order chi connectivity index (χ1) is 9.56. The van der Waals surface area contributed by atoms with Crippen LogP contribution in [0.15, 0.2) is 22.7 Å². The number of aryl methyl sites for hydroxylation is 1. The van der Waals surface area contributed by atoms with Gasteiger partial charge in [-0.25, -0.2) is 0 Å². The van der Waals surface area contributed by atoms with E-state index in [0.29, 0.717) is 12.2 Å². The van der Waals surface area contributed by atoms with E-state index in [1.807, 2.05) is 25.1 Å². The normalized spacial score (nSPS) is 9.95. The maximum atomic E-state index is 11.5. The SMILES string of the molecule is CCCC(=O)NNC(=O)COc1ccc(CC)cc1Br. The summed E-state index contributed by atoms with van der Waals surface area (Å²) in [6.07, 6.45) is 2.04. The third-order valence-electron chi connectivity index (χ3n) is 2.58. The molecule has 1 aromatic rings. The van der Waals surface area contributed by atoms with Crippen LogP contribution < -0.4 is 15.6 Å². The number of hydrogen-bond donors (Lipinski definition) is 2. The van der Waals surface area contributed by atoms with Crippen LogP contribution in [0.1, 0.15) is 32.3 Å². The van der Waals surface area contributed by atoms with Gasteiger partial charge in [0.15, 0.2) is 6.61 Å². The number of halogens is 1. The zero-order chi connectivity index (χ0) is 15.0. The molecule has 0 saturated heterocycles. The lowest BCUT2D eigenvalue weighted by Gasteiger charge is -2.10. The van der Waals surface area contributed by atoms with E-state index in [1.165, 1.54) is 5.56 Å². The molecule has 5 nitrogen and oxygen atoms in total. The van der Waals surface area contributed by atoms with Crippen molar-refractivity contribution in [2.24, 2.45) is 0 Å². The summed E-state index contributed by atoms with van der Waals surface area (Å²) in [4.78, 5) is 22.7. The predicted molar refractivity (Wildman–Crippen MR) is 80.2 cm³/mol. The third-order valence-corrected chi connectivity index (χ3v) is 3.20. The first-order valence-corrected chi connectivity index (χ1v) is 7.35. The number of rotatable bonds is 6. The summed E-state index contributed by atoms with van der Waals surface area (Å²) < 4.78 is 6.19. The van der Waals surface area contributed by atoms with E-state index in [-0.39, 0.29) is 12.5 Å². The molecule has 20 heavy (non-hydrogen) atoms. The molecule has 0 unspecified atom stereocenters.